The number of nitrogens with one attached hydrogen (secondary N) is 1. The van der Waals surface area contributed by atoms with Gasteiger partial charge in [-0.1, -0.05) is 11.8 Å². The Morgan fingerprint density at radius 1 is 1.40 bits per heavy atom. The number of aliphatic hydroxyl groups excluding tert-OH is 1. The molecule has 2 aromatic rings. The van der Waals surface area contributed by atoms with Crippen molar-refractivity contribution < 1.29 is 14.3 Å². The first-order valence-electron chi connectivity index (χ1n) is 5.81. The number of carbonyl (C=O) groups is 1. The van der Waals surface area contributed by atoms with E-state index in [-0.39, 0.29) is 18.1 Å². The zero-order valence-electron chi connectivity index (χ0n) is 10.4. The monoisotopic (exact) mass is 270 g/mol. The molecule has 0 saturated heterocycles. The highest BCUT2D eigenvalue weighted by Crippen LogP contribution is 2.14. The van der Waals surface area contributed by atoms with Crippen molar-refractivity contribution >= 4 is 11.6 Å². The van der Waals surface area contributed by atoms with Crippen molar-refractivity contribution in [1.82, 2.24) is 4.98 Å². The second-order valence-corrected chi connectivity index (χ2v) is 3.85. The Hall–Kier alpha value is -2.71. The smallest absolute Gasteiger partial charge is 0.257 e. The van der Waals surface area contributed by atoms with Gasteiger partial charge in [0.05, 0.1) is 11.1 Å². The van der Waals surface area contributed by atoms with E-state index in [9.17, 15) is 9.18 Å². The number of nitrogens with zero attached hydrogens (tertiary/aromatic N) is 1. The van der Waals surface area contributed by atoms with Crippen LogP contribution in [0.3, 0.4) is 0 Å². The molecule has 1 aromatic carbocycles. The van der Waals surface area contributed by atoms with Gasteiger partial charge in [0.1, 0.15) is 12.4 Å². The van der Waals surface area contributed by atoms with Crippen molar-refractivity contribution in [3.8, 4) is 11.8 Å². The molecule has 0 saturated carbocycles. The lowest BCUT2D eigenvalue weighted by molar-refractivity contribution is 0.102. The van der Waals surface area contributed by atoms with Gasteiger partial charge in [-0.05, 0) is 30.3 Å². The minimum Gasteiger partial charge on any atom is -0.384 e. The van der Waals surface area contributed by atoms with Crippen LogP contribution in [0.2, 0.25) is 0 Å². The number of benzene rings is 1. The van der Waals surface area contributed by atoms with Crippen LogP contribution in [-0.4, -0.2) is 22.6 Å². The van der Waals surface area contributed by atoms with E-state index in [4.69, 9.17) is 5.11 Å². The molecule has 1 heterocycles. The molecule has 0 aliphatic carbocycles. The predicted molar refractivity (Wildman–Crippen MR) is 72.6 cm³/mol. The predicted octanol–water partition coefficient (Wildman–Crippen LogP) is 1.82. The molecule has 5 heteroatoms. The number of hydrogen-bond donors (Lipinski definition) is 2. The zero-order chi connectivity index (χ0) is 14.4. The summed E-state index contributed by atoms with van der Waals surface area (Å²) in [6.07, 6.45) is 2.98. The summed E-state index contributed by atoms with van der Waals surface area (Å²) in [7, 11) is 0. The van der Waals surface area contributed by atoms with E-state index in [1.54, 1.807) is 24.4 Å². The summed E-state index contributed by atoms with van der Waals surface area (Å²) in [5, 5.41) is 11.1. The minimum absolute atomic E-state index is 0.165. The molecule has 20 heavy (non-hydrogen) atoms. The van der Waals surface area contributed by atoms with Crippen LogP contribution in [0, 0.1) is 17.7 Å². The van der Waals surface area contributed by atoms with Crippen molar-refractivity contribution in [2.75, 3.05) is 11.9 Å². The summed E-state index contributed by atoms with van der Waals surface area (Å²) >= 11 is 0. The Bertz CT molecular complexity index is 675. The molecular formula is C15H11FN2O2. The zero-order valence-corrected chi connectivity index (χ0v) is 10.4. The molecule has 100 valence electrons. The van der Waals surface area contributed by atoms with E-state index in [2.05, 4.69) is 22.1 Å². The Morgan fingerprint density at radius 3 is 2.90 bits per heavy atom. The summed E-state index contributed by atoms with van der Waals surface area (Å²) in [5.74, 6) is 3.91. The van der Waals surface area contributed by atoms with E-state index in [0.717, 1.165) is 0 Å². The molecule has 2 rings (SSSR count). The first-order valence-corrected chi connectivity index (χ1v) is 5.81. The molecule has 0 atom stereocenters. The summed E-state index contributed by atoms with van der Waals surface area (Å²) in [5.41, 5.74) is 0.876. The van der Waals surface area contributed by atoms with E-state index in [1.165, 1.54) is 18.3 Å². The van der Waals surface area contributed by atoms with Gasteiger partial charge in [-0.25, -0.2) is 4.39 Å². The topological polar surface area (TPSA) is 62.2 Å². The van der Waals surface area contributed by atoms with Crippen LogP contribution >= 0.6 is 0 Å². The van der Waals surface area contributed by atoms with Crippen molar-refractivity contribution in [2.45, 2.75) is 0 Å². The molecule has 0 radical (unpaired) electrons. The second-order valence-electron chi connectivity index (χ2n) is 3.85. The van der Waals surface area contributed by atoms with Crippen LogP contribution < -0.4 is 5.32 Å². The fourth-order valence-corrected chi connectivity index (χ4v) is 1.53. The number of hydrogen-bond acceptors (Lipinski definition) is 3. The Labute approximate surface area is 115 Å². The summed E-state index contributed by atoms with van der Waals surface area (Å²) < 4.78 is 13.7. The molecule has 0 aliphatic heterocycles. The number of anilines is 1. The van der Waals surface area contributed by atoms with Gasteiger partial charge in [-0.3, -0.25) is 9.78 Å². The summed E-state index contributed by atoms with van der Waals surface area (Å²) in [6.45, 7) is -0.334. The Balaban J connectivity index is 2.15. The third kappa shape index (κ3) is 3.40. The lowest BCUT2D eigenvalue weighted by Crippen LogP contribution is -2.12. The van der Waals surface area contributed by atoms with Crippen molar-refractivity contribution in [2.24, 2.45) is 0 Å². The lowest BCUT2D eigenvalue weighted by Gasteiger charge is -2.05. The summed E-state index contributed by atoms with van der Waals surface area (Å²) in [4.78, 5) is 15.7. The maximum absolute atomic E-state index is 13.7. The molecule has 2 N–H and O–H groups in total. The lowest BCUT2D eigenvalue weighted by atomic mass is 10.2. The van der Waals surface area contributed by atoms with Gasteiger partial charge in [0.25, 0.3) is 5.91 Å². The number of pyridine rings is 1. The van der Waals surface area contributed by atoms with Gasteiger partial charge >= 0.3 is 0 Å². The average molecular weight is 270 g/mol. The standard InChI is InChI=1S/C15H11FN2O2/c16-14-9-13(6-5-11(14)4-2-8-19)18-15(20)12-3-1-7-17-10-12/h1,3,5-7,9-10,19H,8H2,(H,18,20). The number of halogens is 1. The highest BCUT2D eigenvalue weighted by atomic mass is 19.1. The number of rotatable bonds is 2. The van der Waals surface area contributed by atoms with Gasteiger partial charge in [0, 0.05) is 18.1 Å². The van der Waals surface area contributed by atoms with Crippen LogP contribution in [-0.2, 0) is 0 Å². The molecule has 4 nitrogen and oxygen atoms in total. The van der Waals surface area contributed by atoms with Gasteiger partial charge in [-0.2, -0.15) is 0 Å². The highest BCUT2D eigenvalue weighted by molar-refractivity contribution is 6.04. The quantitative estimate of drug-likeness (QED) is 0.818. The molecule has 0 aliphatic rings. The fourth-order valence-electron chi connectivity index (χ4n) is 1.53. The molecule has 1 amide bonds. The Morgan fingerprint density at radius 2 is 2.25 bits per heavy atom. The van der Waals surface area contributed by atoms with Crippen LogP contribution in [0.25, 0.3) is 0 Å². The van der Waals surface area contributed by atoms with E-state index in [0.29, 0.717) is 11.3 Å². The van der Waals surface area contributed by atoms with Crippen molar-refractivity contribution in [3.63, 3.8) is 0 Å². The van der Waals surface area contributed by atoms with Crippen LogP contribution in [0.5, 0.6) is 0 Å². The number of carbonyl (C=O) groups excluding carboxylic acids is 1. The molecule has 0 unspecified atom stereocenters. The highest BCUT2D eigenvalue weighted by Gasteiger charge is 2.07. The van der Waals surface area contributed by atoms with E-state index in [1.807, 2.05) is 0 Å². The normalized spacial score (nSPS) is 9.50. The maximum Gasteiger partial charge on any atom is 0.257 e. The first kappa shape index (κ1) is 13.7. The molecule has 1 aromatic heterocycles. The van der Waals surface area contributed by atoms with Gasteiger partial charge in [-0.15, -0.1) is 0 Å². The molecule has 0 spiro atoms. The van der Waals surface area contributed by atoms with Gasteiger partial charge in [0.15, 0.2) is 0 Å². The second kappa shape index (κ2) is 6.45. The average Bonchev–Trinajstić information content (AvgIpc) is 2.47. The summed E-state index contributed by atoms with van der Waals surface area (Å²) in [6, 6.07) is 7.41. The fraction of sp³-hybridized carbons (Fsp3) is 0.0667. The minimum atomic E-state index is -0.560. The first-order chi connectivity index (χ1) is 9.70. The van der Waals surface area contributed by atoms with Crippen molar-refractivity contribution in [3.05, 3.63) is 59.7 Å². The van der Waals surface area contributed by atoms with Crippen molar-refractivity contribution in [1.29, 1.82) is 0 Å². The van der Waals surface area contributed by atoms with Gasteiger partial charge < -0.3 is 10.4 Å². The molecule has 0 bridgehead atoms. The third-order valence-corrected chi connectivity index (χ3v) is 2.45. The van der Waals surface area contributed by atoms with E-state index >= 15 is 0 Å². The molecular weight excluding hydrogens is 259 g/mol. The third-order valence-electron chi connectivity index (χ3n) is 2.45. The van der Waals surface area contributed by atoms with E-state index < -0.39 is 5.82 Å². The van der Waals surface area contributed by atoms with Crippen LogP contribution in [0.1, 0.15) is 15.9 Å². The van der Waals surface area contributed by atoms with Gasteiger partial charge in [0.2, 0.25) is 0 Å². The SMILES string of the molecule is O=C(Nc1ccc(C#CCO)c(F)c1)c1cccnc1. The Kier molecular flexibility index (Phi) is 4.43. The number of aliphatic hydroxyl groups is 1. The van der Waals surface area contributed by atoms with Crippen LogP contribution in [0.15, 0.2) is 42.7 Å². The molecule has 0 fully saturated rings. The largest absolute Gasteiger partial charge is 0.384 e. The number of aromatic nitrogens is 1. The van der Waals surface area contributed by atoms with Crippen LogP contribution in [0.4, 0.5) is 10.1 Å². The maximum atomic E-state index is 13.7. The number of amides is 1.